The molecule has 1 rings (SSSR count). The summed E-state index contributed by atoms with van der Waals surface area (Å²) in [7, 11) is 0. The van der Waals surface area contributed by atoms with Crippen LogP contribution in [0.4, 0.5) is 0 Å². The Balaban J connectivity index is 1.92. The van der Waals surface area contributed by atoms with Crippen molar-refractivity contribution in [3.63, 3.8) is 0 Å². The molecule has 0 aliphatic carbocycles. The van der Waals surface area contributed by atoms with E-state index in [2.05, 4.69) is 55.4 Å². The number of hydrogen-bond donors (Lipinski definition) is 1. The fourth-order valence-electron chi connectivity index (χ4n) is 1.34. The van der Waals surface area contributed by atoms with Gasteiger partial charge in [-0.15, -0.1) is 0 Å². The van der Waals surface area contributed by atoms with E-state index in [9.17, 15) is 0 Å². The smallest absolute Gasteiger partial charge is 0.112 e. The minimum absolute atomic E-state index is 0.555. The molecule has 1 aliphatic heterocycles. The van der Waals surface area contributed by atoms with Crippen LogP contribution in [0.15, 0.2) is 0 Å². The standard InChI is InChI=1S/C8H16I2N2O/c9-8(10)11-2-1-3-12-4-6-13-7-5-12/h8,11H,1-7H2. The zero-order chi connectivity index (χ0) is 9.52. The average Bonchev–Trinajstić information content (AvgIpc) is 2.14. The number of halogens is 2. The van der Waals surface area contributed by atoms with E-state index in [0.29, 0.717) is 2.06 Å². The second-order valence-electron chi connectivity index (χ2n) is 3.06. The van der Waals surface area contributed by atoms with E-state index in [1.807, 2.05) is 0 Å². The molecule has 0 atom stereocenters. The lowest BCUT2D eigenvalue weighted by Crippen LogP contribution is -2.37. The molecule has 0 aromatic carbocycles. The van der Waals surface area contributed by atoms with Gasteiger partial charge in [-0.3, -0.25) is 10.2 Å². The summed E-state index contributed by atoms with van der Waals surface area (Å²) in [6.45, 7) is 6.36. The van der Waals surface area contributed by atoms with Crippen molar-refractivity contribution < 1.29 is 4.74 Å². The molecule has 1 aliphatic rings. The van der Waals surface area contributed by atoms with Gasteiger partial charge in [0.05, 0.1) is 13.2 Å². The highest BCUT2D eigenvalue weighted by Crippen LogP contribution is 2.04. The lowest BCUT2D eigenvalue weighted by atomic mass is 10.3. The van der Waals surface area contributed by atoms with Gasteiger partial charge in [-0.1, -0.05) is 45.2 Å². The van der Waals surface area contributed by atoms with Crippen LogP contribution in [0.5, 0.6) is 0 Å². The first-order valence-corrected chi connectivity index (χ1v) is 7.10. The predicted octanol–water partition coefficient (Wildman–Crippen LogP) is 1.45. The molecule has 0 amide bonds. The van der Waals surface area contributed by atoms with Gasteiger partial charge in [0.1, 0.15) is 2.06 Å². The molecule has 1 fully saturated rings. The molecular weight excluding hydrogens is 394 g/mol. The van der Waals surface area contributed by atoms with Gasteiger partial charge in [0, 0.05) is 13.1 Å². The van der Waals surface area contributed by atoms with Crippen LogP contribution >= 0.6 is 45.2 Å². The number of ether oxygens (including phenoxy) is 1. The topological polar surface area (TPSA) is 24.5 Å². The maximum absolute atomic E-state index is 5.28. The number of alkyl halides is 2. The SMILES string of the molecule is IC(I)NCCCN1CCOCC1. The van der Waals surface area contributed by atoms with E-state index in [-0.39, 0.29) is 0 Å². The van der Waals surface area contributed by atoms with Crippen LogP contribution < -0.4 is 5.32 Å². The zero-order valence-electron chi connectivity index (χ0n) is 7.64. The third-order valence-corrected chi connectivity index (χ3v) is 2.93. The lowest BCUT2D eigenvalue weighted by Gasteiger charge is -2.26. The van der Waals surface area contributed by atoms with Crippen molar-refractivity contribution in [2.75, 3.05) is 39.4 Å². The number of nitrogens with one attached hydrogen (secondary N) is 1. The summed E-state index contributed by atoms with van der Waals surface area (Å²) >= 11 is 4.76. The van der Waals surface area contributed by atoms with Crippen LogP contribution in [0.2, 0.25) is 0 Å². The highest BCUT2D eigenvalue weighted by molar-refractivity contribution is 14.2. The highest BCUT2D eigenvalue weighted by Gasteiger charge is 2.08. The quantitative estimate of drug-likeness (QED) is 0.322. The Morgan fingerprint density at radius 2 is 2.00 bits per heavy atom. The van der Waals surface area contributed by atoms with Crippen molar-refractivity contribution in [1.82, 2.24) is 10.2 Å². The molecule has 1 heterocycles. The Bertz CT molecular complexity index is 129. The number of morpholine rings is 1. The van der Waals surface area contributed by atoms with Gasteiger partial charge in [-0.25, -0.2) is 0 Å². The van der Waals surface area contributed by atoms with E-state index in [1.165, 1.54) is 13.0 Å². The van der Waals surface area contributed by atoms with Crippen molar-refractivity contribution in [2.24, 2.45) is 0 Å². The number of rotatable bonds is 5. The first-order chi connectivity index (χ1) is 6.29. The molecule has 0 spiro atoms. The first kappa shape index (κ1) is 12.4. The maximum Gasteiger partial charge on any atom is 0.112 e. The average molecular weight is 410 g/mol. The Morgan fingerprint density at radius 3 is 2.62 bits per heavy atom. The van der Waals surface area contributed by atoms with Crippen LogP contribution in [0, 0.1) is 0 Å². The van der Waals surface area contributed by atoms with Crippen LogP contribution in [-0.4, -0.2) is 46.3 Å². The Kier molecular flexibility index (Phi) is 7.26. The van der Waals surface area contributed by atoms with E-state index in [4.69, 9.17) is 4.74 Å². The molecule has 78 valence electrons. The highest BCUT2D eigenvalue weighted by atomic mass is 127. The molecule has 0 aromatic rings. The van der Waals surface area contributed by atoms with Crippen LogP contribution in [0.25, 0.3) is 0 Å². The molecule has 0 radical (unpaired) electrons. The van der Waals surface area contributed by atoms with Gasteiger partial charge in [0.15, 0.2) is 0 Å². The molecule has 3 nitrogen and oxygen atoms in total. The summed E-state index contributed by atoms with van der Waals surface area (Å²) in [5.41, 5.74) is 0. The van der Waals surface area contributed by atoms with Gasteiger partial charge in [0.2, 0.25) is 0 Å². The van der Waals surface area contributed by atoms with Crippen molar-refractivity contribution in [1.29, 1.82) is 0 Å². The Labute approximate surface area is 107 Å². The fraction of sp³-hybridized carbons (Fsp3) is 1.00. The van der Waals surface area contributed by atoms with Crippen molar-refractivity contribution in [3.05, 3.63) is 0 Å². The largest absolute Gasteiger partial charge is 0.379 e. The molecule has 5 heteroatoms. The molecule has 1 saturated heterocycles. The minimum Gasteiger partial charge on any atom is -0.379 e. The number of nitrogens with zero attached hydrogens (tertiary/aromatic N) is 1. The van der Waals surface area contributed by atoms with Gasteiger partial charge >= 0.3 is 0 Å². The molecule has 13 heavy (non-hydrogen) atoms. The third-order valence-electron chi connectivity index (χ3n) is 2.05. The molecule has 0 saturated carbocycles. The number of hydrogen-bond acceptors (Lipinski definition) is 3. The van der Waals surface area contributed by atoms with E-state index in [1.54, 1.807) is 0 Å². The normalized spacial score (nSPS) is 19.6. The monoisotopic (exact) mass is 410 g/mol. The fourth-order valence-corrected chi connectivity index (χ4v) is 1.96. The van der Waals surface area contributed by atoms with Gasteiger partial charge < -0.3 is 4.74 Å². The predicted molar refractivity (Wildman–Crippen MR) is 71.7 cm³/mol. The first-order valence-electron chi connectivity index (χ1n) is 4.60. The van der Waals surface area contributed by atoms with E-state index < -0.39 is 0 Å². The van der Waals surface area contributed by atoms with Crippen LogP contribution in [0.1, 0.15) is 6.42 Å². The molecule has 0 bridgehead atoms. The Morgan fingerprint density at radius 1 is 1.31 bits per heavy atom. The molecule has 1 N–H and O–H groups in total. The summed E-state index contributed by atoms with van der Waals surface area (Å²) < 4.78 is 5.84. The van der Waals surface area contributed by atoms with Gasteiger partial charge in [-0.2, -0.15) is 0 Å². The lowest BCUT2D eigenvalue weighted by molar-refractivity contribution is 0.0375. The maximum atomic E-state index is 5.28. The van der Waals surface area contributed by atoms with Gasteiger partial charge in [-0.05, 0) is 19.5 Å². The Hall–Kier alpha value is 1.34. The minimum atomic E-state index is 0.555. The molecule has 0 unspecified atom stereocenters. The summed E-state index contributed by atoms with van der Waals surface area (Å²) in [4.78, 5) is 2.47. The summed E-state index contributed by atoms with van der Waals surface area (Å²) in [6.07, 6.45) is 1.24. The van der Waals surface area contributed by atoms with Gasteiger partial charge in [0.25, 0.3) is 0 Å². The van der Waals surface area contributed by atoms with Crippen molar-refractivity contribution in [3.8, 4) is 0 Å². The summed E-state index contributed by atoms with van der Waals surface area (Å²) in [5, 5.41) is 3.40. The van der Waals surface area contributed by atoms with Crippen LogP contribution in [-0.2, 0) is 4.74 Å². The second-order valence-corrected chi connectivity index (χ2v) is 7.94. The molecule has 0 aromatic heterocycles. The van der Waals surface area contributed by atoms with E-state index in [0.717, 1.165) is 32.8 Å². The van der Waals surface area contributed by atoms with Crippen molar-refractivity contribution in [2.45, 2.75) is 8.48 Å². The van der Waals surface area contributed by atoms with Crippen LogP contribution in [0.3, 0.4) is 0 Å². The summed E-state index contributed by atoms with van der Waals surface area (Å²) in [5.74, 6) is 0. The van der Waals surface area contributed by atoms with E-state index >= 15 is 0 Å². The molecular formula is C8H16I2N2O. The third kappa shape index (κ3) is 6.43. The second kappa shape index (κ2) is 7.61. The summed E-state index contributed by atoms with van der Waals surface area (Å²) in [6, 6.07) is 0. The zero-order valence-corrected chi connectivity index (χ0v) is 12.0. The van der Waals surface area contributed by atoms with Crippen molar-refractivity contribution >= 4 is 45.2 Å².